The predicted octanol–water partition coefficient (Wildman–Crippen LogP) is 2.90. The molecule has 0 radical (unpaired) electrons. The third-order valence-electron chi connectivity index (χ3n) is 2.93. The molecule has 0 bridgehead atoms. The highest BCUT2D eigenvalue weighted by Gasteiger charge is 2.23. The van der Waals surface area contributed by atoms with E-state index >= 15 is 0 Å². The molecule has 110 valence electrons. The van der Waals surface area contributed by atoms with Crippen molar-refractivity contribution in [1.82, 2.24) is 4.90 Å². The minimum Gasteiger partial charge on any atom is -0.481 e. The zero-order chi connectivity index (χ0) is 15.4. The predicted molar refractivity (Wildman–Crippen MR) is 79.3 cm³/mol. The van der Waals surface area contributed by atoms with Crippen molar-refractivity contribution in [2.75, 3.05) is 12.3 Å². The van der Waals surface area contributed by atoms with Gasteiger partial charge in [-0.25, -0.2) is 0 Å². The van der Waals surface area contributed by atoms with Crippen LogP contribution in [0.5, 0.6) is 0 Å². The molecule has 1 aromatic rings. The average molecular weight is 319 g/mol. The van der Waals surface area contributed by atoms with Crippen molar-refractivity contribution in [1.29, 1.82) is 0 Å². The van der Waals surface area contributed by atoms with E-state index in [9.17, 15) is 9.59 Å². The molecule has 0 fully saturated rings. The fourth-order valence-corrected chi connectivity index (χ4v) is 2.38. The Kier molecular flexibility index (Phi) is 5.65. The number of carboxylic acid groups (broad SMARTS) is 1. The smallest absolute Gasteiger partial charge is 0.305 e. The third-order valence-corrected chi connectivity index (χ3v) is 3.56. The summed E-state index contributed by atoms with van der Waals surface area (Å²) in [5.74, 6) is -1.29. The van der Waals surface area contributed by atoms with Crippen molar-refractivity contribution in [3.8, 4) is 0 Å². The maximum Gasteiger partial charge on any atom is 0.305 e. The Morgan fingerprint density at radius 2 is 1.85 bits per heavy atom. The lowest BCUT2D eigenvalue weighted by atomic mass is 10.1. The van der Waals surface area contributed by atoms with Crippen molar-refractivity contribution in [2.24, 2.45) is 0 Å². The number of nitrogen functional groups attached to an aromatic ring is 1. The van der Waals surface area contributed by atoms with Gasteiger partial charge in [0.05, 0.1) is 22.2 Å². The van der Waals surface area contributed by atoms with Crippen LogP contribution in [-0.2, 0) is 4.79 Å². The molecule has 1 unspecified atom stereocenters. The van der Waals surface area contributed by atoms with E-state index in [1.165, 1.54) is 17.0 Å². The summed E-state index contributed by atoms with van der Waals surface area (Å²) >= 11 is 11.8. The minimum atomic E-state index is -0.961. The summed E-state index contributed by atoms with van der Waals surface area (Å²) in [6, 6.07) is 2.43. The van der Waals surface area contributed by atoms with Crippen LogP contribution in [-0.4, -0.2) is 34.5 Å². The molecule has 0 saturated carbocycles. The van der Waals surface area contributed by atoms with Crippen LogP contribution in [0, 0.1) is 0 Å². The van der Waals surface area contributed by atoms with Gasteiger partial charge in [0.15, 0.2) is 0 Å². The fourth-order valence-electron chi connectivity index (χ4n) is 1.89. The fraction of sp³-hybridized carbons (Fsp3) is 0.385. The summed E-state index contributed by atoms with van der Waals surface area (Å²) in [7, 11) is 0. The van der Waals surface area contributed by atoms with Gasteiger partial charge in [-0.2, -0.15) is 0 Å². The van der Waals surface area contributed by atoms with Crippen molar-refractivity contribution >= 4 is 40.8 Å². The molecule has 1 aromatic carbocycles. The number of halogens is 2. The van der Waals surface area contributed by atoms with Gasteiger partial charge in [-0.3, -0.25) is 9.59 Å². The molecule has 20 heavy (non-hydrogen) atoms. The second-order valence-electron chi connectivity index (χ2n) is 4.39. The summed E-state index contributed by atoms with van der Waals surface area (Å²) in [5, 5.41) is 9.20. The van der Waals surface area contributed by atoms with Crippen LogP contribution in [0.1, 0.15) is 30.6 Å². The number of carbonyl (C=O) groups excluding carboxylic acids is 1. The number of nitrogens with zero attached hydrogens (tertiary/aromatic N) is 1. The number of hydrogen-bond acceptors (Lipinski definition) is 3. The second kappa shape index (κ2) is 6.81. The second-order valence-corrected chi connectivity index (χ2v) is 5.21. The number of benzene rings is 1. The van der Waals surface area contributed by atoms with Gasteiger partial charge in [-0.05, 0) is 26.0 Å². The third kappa shape index (κ3) is 3.77. The number of aliphatic carboxylic acids is 1. The monoisotopic (exact) mass is 318 g/mol. The van der Waals surface area contributed by atoms with E-state index in [2.05, 4.69) is 0 Å². The first-order valence-electron chi connectivity index (χ1n) is 6.05. The van der Waals surface area contributed by atoms with Crippen LogP contribution < -0.4 is 5.73 Å². The van der Waals surface area contributed by atoms with Crippen molar-refractivity contribution in [2.45, 2.75) is 26.3 Å². The summed E-state index contributed by atoms with van der Waals surface area (Å²) in [6.07, 6.45) is -0.129. The molecular formula is C13H16Cl2N2O3. The Hall–Kier alpha value is -1.46. The first-order valence-corrected chi connectivity index (χ1v) is 6.80. The maximum atomic E-state index is 12.4. The molecule has 1 atom stereocenters. The Balaban J connectivity index is 3.05. The van der Waals surface area contributed by atoms with E-state index in [1.807, 2.05) is 0 Å². The lowest BCUT2D eigenvalue weighted by Crippen LogP contribution is -2.39. The highest BCUT2D eigenvalue weighted by atomic mass is 35.5. The number of carboxylic acids is 1. The van der Waals surface area contributed by atoms with Crippen LogP contribution in [0.3, 0.4) is 0 Å². The number of hydrogen-bond donors (Lipinski definition) is 2. The molecule has 1 amide bonds. The van der Waals surface area contributed by atoms with Gasteiger partial charge < -0.3 is 15.7 Å². The zero-order valence-electron chi connectivity index (χ0n) is 11.2. The first-order chi connectivity index (χ1) is 9.27. The Labute approximate surface area is 127 Å². The van der Waals surface area contributed by atoms with Gasteiger partial charge in [-0.15, -0.1) is 0 Å². The molecule has 0 heterocycles. The normalized spacial score (nSPS) is 12.0. The summed E-state index contributed by atoms with van der Waals surface area (Å²) in [5.41, 5.74) is 6.12. The van der Waals surface area contributed by atoms with Crippen LogP contribution >= 0.6 is 23.2 Å². The lowest BCUT2D eigenvalue weighted by molar-refractivity contribution is -0.138. The Morgan fingerprint density at radius 3 is 2.25 bits per heavy atom. The quantitative estimate of drug-likeness (QED) is 0.817. The van der Waals surface area contributed by atoms with Gasteiger partial charge in [0, 0.05) is 18.2 Å². The van der Waals surface area contributed by atoms with Crippen LogP contribution in [0.4, 0.5) is 5.69 Å². The van der Waals surface area contributed by atoms with Crippen molar-refractivity contribution in [3.05, 3.63) is 27.7 Å². The molecule has 1 rings (SSSR count). The average Bonchev–Trinajstić information content (AvgIpc) is 2.35. The van der Waals surface area contributed by atoms with Gasteiger partial charge in [0.2, 0.25) is 0 Å². The number of rotatable bonds is 5. The number of carbonyl (C=O) groups is 2. The minimum absolute atomic E-state index is 0.129. The molecule has 0 aliphatic rings. The SMILES string of the molecule is CCN(C(=O)c1cc(Cl)c(N)c(Cl)c1)C(C)CC(=O)O. The first kappa shape index (κ1) is 16.6. The molecular weight excluding hydrogens is 303 g/mol. The summed E-state index contributed by atoms with van der Waals surface area (Å²) in [6.45, 7) is 3.83. The highest BCUT2D eigenvalue weighted by molar-refractivity contribution is 6.39. The molecule has 5 nitrogen and oxygen atoms in total. The number of nitrogens with two attached hydrogens (primary N) is 1. The molecule has 0 aliphatic carbocycles. The Bertz CT molecular complexity index is 511. The summed E-state index contributed by atoms with van der Waals surface area (Å²) in [4.78, 5) is 24.6. The topological polar surface area (TPSA) is 83.6 Å². The van der Waals surface area contributed by atoms with Gasteiger partial charge >= 0.3 is 5.97 Å². The van der Waals surface area contributed by atoms with Gasteiger partial charge in [0.1, 0.15) is 0 Å². The molecule has 7 heteroatoms. The molecule has 0 aromatic heterocycles. The standard InChI is InChI=1S/C13H16Cl2N2O3/c1-3-17(7(2)4-11(18)19)13(20)8-5-9(14)12(16)10(15)6-8/h5-7H,3-4,16H2,1-2H3,(H,18,19). The molecule has 0 aliphatic heterocycles. The van der Waals surface area contributed by atoms with Gasteiger partial charge in [0.25, 0.3) is 5.91 Å². The maximum absolute atomic E-state index is 12.4. The van der Waals surface area contributed by atoms with Crippen LogP contribution in [0.25, 0.3) is 0 Å². The van der Waals surface area contributed by atoms with E-state index in [1.54, 1.807) is 13.8 Å². The zero-order valence-corrected chi connectivity index (χ0v) is 12.7. The molecule has 0 spiro atoms. The number of amides is 1. The molecule has 0 saturated heterocycles. The van der Waals surface area contributed by atoms with E-state index < -0.39 is 12.0 Å². The Morgan fingerprint density at radius 1 is 1.35 bits per heavy atom. The largest absolute Gasteiger partial charge is 0.481 e. The van der Waals surface area contributed by atoms with Gasteiger partial charge in [-0.1, -0.05) is 23.2 Å². The molecule has 3 N–H and O–H groups in total. The van der Waals surface area contributed by atoms with E-state index in [0.717, 1.165) is 0 Å². The summed E-state index contributed by atoms with van der Waals surface area (Å²) < 4.78 is 0. The number of anilines is 1. The van der Waals surface area contributed by atoms with E-state index in [4.69, 9.17) is 34.0 Å². The van der Waals surface area contributed by atoms with Crippen LogP contribution in [0.15, 0.2) is 12.1 Å². The van der Waals surface area contributed by atoms with E-state index in [-0.39, 0.29) is 33.6 Å². The van der Waals surface area contributed by atoms with Crippen LogP contribution in [0.2, 0.25) is 10.0 Å². The lowest BCUT2D eigenvalue weighted by Gasteiger charge is -2.27. The van der Waals surface area contributed by atoms with Crippen molar-refractivity contribution < 1.29 is 14.7 Å². The highest BCUT2D eigenvalue weighted by Crippen LogP contribution is 2.29. The van der Waals surface area contributed by atoms with E-state index in [0.29, 0.717) is 6.54 Å². The van der Waals surface area contributed by atoms with Crippen molar-refractivity contribution in [3.63, 3.8) is 0 Å².